The van der Waals surface area contributed by atoms with Crippen molar-refractivity contribution in [2.75, 3.05) is 0 Å². The Labute approximate surface area is 145 Å². The Kier molecular flexibility index (Phi) is 5.55. The minimum Gasteiger partial charge on any atom is -0.269 e. The van der Waals surface area contributed by atoms with E-state index in [9.17, 15) is 13.2 Å². The van der Waals surface area contributed by atoms with Gasteiger partial charge in [0.05, 0.1) is 4.90 Å². The van der Waals surface area contributed by atoms with Crippen LogP contribution in [-0.4, -0.2) is 14.3 Å². The molecule has 0 bridgehead atoms. The molecule has 0 radical (unpaired) electrons. The van der Waals surface area contributed by atoms with Crippen molar-refractivity contribution in [3.8, 4) is 0 Å². The summed E-state index contributed by atoms with van der Waals surface area (Å²) < 4.78 is 27.7. The van der Waals surface area contributed by atoms with E-state index >= 15 is 0 Å². The zero-order valence-corrected chi connectivity index (χ0v) is 15.2. The van der Waals surface area contributed by atoms with Gasteiger partial charge in [0.2, 0.25) is 0 Å². The van der Waals surface area contributed by atoms with Gasteiger partial charge in [0.15, 0.2) is 0 Å². The van der Waals surface area contributed by atoms with Crippen molar-refractivity contribution >= 4 is 53.9 Å². The fourth-order valence-corrected chi connectivity index (χ4v) is 3.06. The summed E-state index contributed by atoms with van der Waals surface area (Å²) >= 11 is 6.53. The quantitative estimate of drug-likeness (QED) is 0.730. The van der Waals surface area contributed by atoms with Crippen molar-refractivity contribution in [2.24, 2.45) is 0 Å². The second-order valence-corrected chi connectivity index (χ2v) is 7.82. The van der Waals surface area contributed by atoms with Crippen molar-refractivity contribution < 1.29 is 13.2 Å². The second-order valence-electron chi connectivity index (χ2n) is 4.31. The van der Waals surface area contributed by atoms with Crippen molar-refractivity contribution in [2.45, 2.75) is 4.90 Å². The largest absolute Gasteiger partial charge is 0.269 e. The van der Waals surface area contributed by atoms with E-state index in [-0.39, 0.29) is 4.90 Å². The van der Waals surface area contributed by atoms with Gasteiger partial charge in [0, 0.05) is 15.0 Å². The van der Waals surface area contributed by atoms with E-state index in [1.54, 1.807) is 30.3 Å². The third kappa shape index (κ3) is 4.79. The molecule has 0 unspecified atom stereocenters. The van der Waals surface area contributed by atoms with Crippen LogP contribution in [0.25, 0.3) is 6.08 Å². The van der Waals surface area contributed by atoms with Crippen LogP contribution in [0.4, 0.5) is 0 Å². The highest BCUT2D eigenvalue weighted by Crippen LogP contribution is 2.15. The summed E-state index contributed by atoms with van der Waals surface area (Å²) in [4.78, 5) is 11.8. The molecule has 1 N–H and O–H groups in total. The number of benzene rings is 2. The Bertz CT molecular complexity index is 798. The first-order valence-electron chi connectivity index (χ1n) is 6.13. The Hall–Kier alpha value is -1.44. The molecular formula is C15H11Br2NO3S. The molecule has 2 aromatic rings. The van der Waals surface area contributed by atoms with Crippen LogP contribution >= 0.6 is 31.9 Å². The number of amides is 1. The molecule has 7 heteroatoms. The van der Waals surface area contributed by atoms with Crippen LogP contribution in [0, 0.1) is 0 Å². The number of rotatable bonds is 4. The molecule has 0 aliphatic rings. The van der Waals surface area contributed by atoms with Crippen LogP contribution in [0.5, 0.6) is 0 Å². The first-order chi connectivity index (χ1) is 10.4. The predicted molar refractivity (Wildman–Crippen MR) is 92.6 cm³/mol. The zero-order chi connectivity index (χ0) is 16.2. The third-order valence-corrected chi connectivity index (χ3v) is 5.08. The normalized spacial score (nSPS) is 11.5. The predicted octanol–water partition coefficient (Wildman–Crippen LogP) is 3.73. The molecule has 0 saturated heterocycles. The maximum atomic E-state index is 12.0. The summed E-state index contributed by atoms with van der Waals surface area (Å²) in [6, 6.07) is 13.3. The van der Waals surface area contributed by atoms with Gasteiger partial charge in [-0.3, -0.25) is 4.79 Å². The van der Waals surface area contributed by atoms with E-state index in [1.165, 1.54) is 18.2 Å². The molecule has 2 aromatic carbocycles. The highest BCUT2D eigenvalue weighted by atomic mass is 79.9. The van der Waals surface area contributed by atoms with E-state index in [1.807, 2.05) is 16.9 Å². The van der Waals surface area contributed by atoms with E-state index in [4.69, 9.17) is 0 Å². The molecular weight excluding hydrogens is 434 g/mol. The number of nitrogens with one attached hydrogen (secondary N) is 1. The number of hydrogen-bond donors (Lipinski definition) is 1. The lowest BCUT2D eigenvalue weighted by Gasteiger charge is -2.04. The molecule has 0 aliphatic carbocycles. The van der Waals surface area contributed by atoms with Gasteiger partial charge in [-0.25, -0.2) is 13.1 Å². The standard InChI is InChI=1S/C15H11Br2NO3S/c16-12-4-1-11(2-5-12)3-10-15(19)18-22(20,21)14-8-6-13(17)7-9-14/h1-10H,(H,18,19). The molecule has 0 fully saturated rings. The Morgan fingerprint density at radius 2 is 1.41 bits per heavy atom. The highest BCUT2D eigenvalue weighted by molar-refractivity contribution is 9.10. The Morgan fingerprint density at radius 1 is 0.909 bits per heavy atom. The van der Waals surface area contributed by atoms with Crippen LogP contribution in [0.2, 0.25) is 0 Å². The van der Waals surface area contributed by atoms with Crippen molar-refractivity contribution in [1.29, 1.82) is 0 Å². The van der Waals surface area contributed by atoms with Crippen LogP contribution < -0.4 is 4.72 Å². The smallest absolute Gasteiger partial charge is 0.264 e. The van der Waals surface area contributed by atoms with Crippen molar-refractivity contribution in [1.82, 2.24) is 4.72 Å². The summed E-state index contributed by atoms with van der Waals surface area (Å²) in [5.74, 6) is -0.703. The van der Waals surface area contributed by atoms with Gasteiger partial charge in [-0.05, 0) is 48.0 Å². The van der Waals surface area contributed by atoms with Crippen molar-refractivity contribution in [3.63, 3.8) is 0 Å². The lowest BCUT2D eigenvalue weighted by molar-refractivity contribution is -0.114. The maximum absolute atomic E-state index is 12.0. The van der Waals surface area contributed by atoms with Gasteiger partial charge in [-0.2, -0.15) is 0 Å². The van der Waals surface area contributed by atoms with Gasteiger partial charge in [0.1, 0.15) is 0 Å². The molecule has 0 atom stereocenters. The van der Waals surface area contributed by atoms with Crippen LogP contribution in [-0.2, 0) is 14.8 Å². The molecule has 0 aliphatic heterocycles. The SMILES string of the molecule is O=C(C=Cc1ccc(Br)cc1)NS(=O)(=O)c1ccc(Br)cc1. The van der Waals surface area contributed by atoms with Crippen LogP contribution in [0.15, 0.2) is 68.4 Å². The highest BCUT2D eigenvalue weighted by Gasteiger charge is 2.15. The molecule has 0 saturated carbocycles. The first kappa shape index (κ1) is 16.9. The number of carbonyl (C=O) groups excluding carboxylic acids is 1. The summed E-state index contributed by atoms with van der Waals surface area (Å²) in [5, 5.41) is 0. The molecule has 1 amide bonds. The van der Waals surface area contributed by atoms with Gasteiger partial charge in [-0.15, -0.1) is 0 Å². The topological polar surface area (TPSA) is 63.2 Å². The molecule has 114 valence electrons. The van der Waals surface area contributed by atoms with E-state index in [0.29, 0.717) is 0 Å². The number of carbonyl (C=O) groups is 1. The molecule has 0 aromatic heterocycles. The van der Waals surface area contributed by atoms with Gasteiger partial charge in [0.25, 0.3) is 15.9 Å². The molecule has 0 spiro atoms. The molecule has 4 nitrogen and oxygen atoms in total. The zero-order valence-electron chi connectivity index (χ0n) is 11.2. The number of halogens is 2. The number of hydrogen-bond acceptors (Lipinski definition) is 3. The van der Waals surface area contributed by atoms with E-state index in [2.05, 4.69) is 31.9 Å². The minimum atomic E-state index is -3.87. The molecule has 0 heterocycles. The van der Waals surface area contributed by atoms with E-state index < -0.39 is 15.9 Å². The summed E-state index contributed by atoms with van der Waals surface area (Å²) in [5.41, 5.74) is 0.791. The maximum Gasteiger partial charge on any atom is 0.264 e. The average molecular weight is 445 g/mol. The lowest BCUT2D eigenvalue weighted by atomic mass is 10.2. The second kappa shape index (κ2) is 7.21. The Balaban J connectivity index is 2.07. The monoisotopic (exact) mass is 443 g/mol. The Morgan fingerprint density at radius 3 is 1.95 bits per heavy atom. The fraction of sp³-hybridized carbons (Fsp3) is 0. The fourth-order valence-electron chi connectivity index (χ4n) is 1.58. The van der Waals surface area contributed by atoms with Gasteiger partial charge in [-0.1, -0.05) is 44.0 Å². The van der Waals surface area contributed by atoms with Crippen molar-refractivity contribution in [3.05, 3.63) is 69.1 Å². The minimum absolute atomic E-state index is 0.0288. The third-order valence-electron chi connectivity index (χ3n) is 2.66. The van der Waals surface area contributed by atoms with Gasteiger partial charge < -0.3 is 0 Å². The molecule has 2 rings (SSSR count). The van der Waals surface area contributed by atoms with E-state index in [0.717, 1.165) is 14.5 Å². The van der Waals surface area contributed by atoms with Crippen LogP contribution in [0.3, 0.4) is 0 Å². The first-order valence-corrected chi connectivity index (χ1v) is 9.20. The summed E-state index contributed by atoms with van der Waals surface area (Å²) in [6.45, 7) is 0. The lowest BCUT2D eigenvalue weighted by Crippen LogP contribution is -2.28. The van der Waals surface area contributed by atoms with Crippen LogP contribution in [0.1, 0.15) is 5.56 Å². The average Bonchev–Trinajstić information content (AvgIpc) is 2.46. The number of sulfonamides is 1. The summed E-state index contributed by atoms with van der Waals surface area (Å²) in [6.07, 6.45) is 2.72. The molecule has 22 heavy (non-hydrogen) atoms. The van der Waals surface area contributed by atoms with Gasteiger partial charge >= 0.3 is 0 Å². The summed E-state index contributed by atoms with van der Waals surface area (Å²) in [7, 11) is -3.87.